The number of thiazole rings is 1. The maximum Gasteiger partial charge on any atom is 0.249 e. The van der Waals surface area contributed by atoms with Crippen LogP contribution in [0.2, 0.25) is 0 Å². The summed E-state index contributed by atoms with van der Waals surface area (Å²) in [6, 6.07) is 2.31. The number of nitrogens with zero attached hydrogens (tertiary/aromatic N) is 4. The van der Waals surface area contributed by atoms with E-state index in [1.807, 2.05) is 27.2 Å². The van der Waals surface area contributed by atoms with E-state index in [0.29, 0.717) is 25.5 Å². The van der Waals surface area contributed by atoms with Crippen LogP contribution in [0.3, 0.4) is 0 Å². The average Bonchev–Trinajstić information content (AvgIpc) is 3.43. The van der Waals surface area contributed by atoms with Gasteiger partial charge in [0.2, 0.25) is 5.91 Å². The van der Waals surface area contributed by atoms with E-state index in [1.165, 1.54) is 17.4 Å². The highest BCUT2D eigenvalue weighted by molar-refractivity contribution is 14.1. The van der Waals surface area contributed by atoms with Gasteiger partial charge in [0.15, 0.2) is 10.9 Å². The van der Waals surface area contributed by atoms with Crippen LogP contribution >= 0.6 is 33.9 Å². The number of hydrogen-bond donors (Lipinski definition) is 1. The number of hydrogen-bond acceptors (Lipinski definition) is 6. The molecule has 10 heteroatoms. The Hall–Kier alpha value is -2.18. The number of carbonyl (C=O) groups is 2. The maximum atomic E-state index is 14.7. The van der Waals surface area contributed by atoms with Gasteiger partial charge in [-0.1, -0.05) is 0 Å². The Kier molecular flexibility index (Phi) is 5.15. The molecule has 0 radical (unpaired) electrons. The van der Waals surface area contributed by atoms with Crippen molar-refractivity contribution < 1.29 is 14.0 Å². The molecule has 3 aromatic rings. The van der Waals surface area contributed by atoms with E-state index >= 15 is 0 Å². The van der Waals surface area contributed by atoms with Gasteiger partial charge in [0.25, 0.3) is 0 Å². The quantitative estimate of drug-likeness (QED) is 0.517. The van der Waals surface area contributed by atoms with Crippen LogP contribution in [-0.2, 0) is 24.3 Å². The second-order valence-corrected chi connectivity index (χ2v) is 9.48. The Balaban J connectivity index is 1.54. The van der Waals surface area contributed by atoms with Crippen molar-refractivity contribution in [2.24, 2.45) is 0 Å². The third kappa shape index (κ3) is 3.46. The van der Waals surface area contributed by atoms with Crippen LogP contribution in [0.5, 0.6) is 0 Å². The lowest BCUT2D eigenvalue weighted by Crippen LogP contribution is -2.43. The van der Waals surface area contributed by atoms with E-state index in [2.05, 4.69) is 15.3 Å². The van der Waals surface area contributed by atoms with Crippen molar-refractivity contribution in [1.29, 1.82) is 0 Å². The largest absolute Gasteiger partial charge is 0.334 e. The third-order valence-electron chi connectivity index (χ3n) is 5.49. The van der Waals surface area contributed by atoms with Gasteiger partial charge in [0, 0.05) is 45.1 Å². The normalized spacial score (nSPS) is 16.9. The molecular formula is C20H17FIN5O2S. The zero-order chi connectivity index (χ0) is 20.8. The van der Waals surface area contributed by atoms with Crippen LogP contribution in [0.25, 0.3) is 0 Å². The first-order chi connectivity index (χ1) is 14.5. The van der Waals surface area contributed by atoms with Crippen LogP contribution in [0.1, 0.15) is 39.8 Å². The van der Waals surface area contributed by atoms with E-state index in [1.54, 1.807) is 28.9 Å². The predicted octanol–water partition coefficient (Wildman–Crippen LogP) is 3.41. The number of benzene rings is 1. The lowest BCUT2D eigenvalue weighted by Gasteiger charge is -2.33. The number of carbonyl (C=O) groups excluding carboxylic acids is 2. The smallest absolute Gasteiger partial charge is 0.249 e. The van der Waals surface area contributed by atoms with Gasteiger partial charge < -0.3 is 9.88 Å². The van der Waals surface area contributed by atoms with Gasteiger partial charge in [-0.05, 0) is 47.6 Å². The molecule has 0 fully saturated rings. The summed E-state index contributed by atoms with van der Waals surface area (Å²) in [6.45, 7) is 1.04. The van der Waals surface area contributed by atoms with Gasteiger partial charge in [0.05, 0.1) is 18.6 Å². The summed E-state index contributed by atoms with van der Waals surface area (Å²) in [5.74, 6) is -0.943. The highest BCUT2D eigenvalue weighted by Crippen LogP contribution is 2.33. The van der Waals surface area contributed by atoms with Crippen LogP contribution in [0.15, 0.2) is 30.0 Å². The van der Waals surface area contributed by atoms with E-state index in [9.17, 15) is 14.0 Å². The minimum atomic E-state index is -0.806. The van der Waals surface area contributed by atoms with E-state index in [-0.39, 0.29) is 24.8 Å². The lowest BCUT2D eigenvalue weighted by atomic mass is 9.95. The lowest BCUT2D eigenvalue weighted by molar-refractivity contribution is -0.121. The number of Topliss-reactive ketones (excluding diaryl/α,β-unsaturated/α-hetero) is 1. The van der Waals surface area contributed by atoms with Gasteiger partial charge in [-0.2, -0.15) is 0 Å². The molecule has 0 saturated heterocycles. The Morgan fingerprint density at radius 3 is 2.97 bits per heavy atom. The maximum absolute atomic E-state index is 14.7. The van der Waals surface area contributed by atoms with Gasteiger partial charge in [-0.15, -0.1) is 11.3 Å². The van der Waals surface area contributed by atoms with Crippen molar-refractivity contribution >= 4 is 50.7 Å². The van der Waals surface area contributed by atoms with Crippen molar-refractivity contribution in [1.82, 2.24) is 19.4 Å². The molecule has 1 unspecified atom stereocenters. The highest BCUT2D eigenvalue weighted by Gasteiger charge is 2.38. The Morgan fingerprint density at radius 2 is 2.17 bits per heavy atom. The molecule has 5 rings (SSSR count). The Bertz CT molecular complexity index is 1150. The molecule has 7 nitrogen and oxygen atoms in total. The summed E-state index contributed by atoms with van der Waals surface area (Å²) >= 11 is 3.32. The number of aromatic nitrogens is 3. The summed E-state index contributed by atoms with van der Waals surface area (Å²) in [7, 11) is 0. The van der Waals surface area contributed by atoms with Crippen molar-refractivity contribution in [3.05, 3.63) is 61.9 Å². The van der Waals surface area contributed by atoms with Crippen LogP contribution in [-0.4, -0.2) is 37.7 Å². The second kappa shape index (κ2) is 7.82. The first-order valence-electron chi connectivity index (χ1n) is 9.50. The average molecular weight is 537 g/mol. The molecule has 30 heavy (non-hydrogen) atoms. The van der Waals surface area contributed by atoms with E-state index < -0.39 is 11.9 Å². The standard InChI is InChI=1S/C20H17FIN5O2S/c21-14-7-11(22)6-12-13(14)8-27(9-16(12)28)18(19(29)25-20-23-3-5-30-20)17-15-2-1-4-26(15)10-24-17/h3,5-7,10,18H,1-2,4,8-9H2,(H,23,25,29). The monoisotopic (exact) mass is 537 g/mol. The number of amides is 1. The molecule has 2 aromatic heterocycles. The van der Waals surface area contributed by atoms with Crippen LogP contribution in [0, 0.1) is 9.39 Å². The van der Waals surface area contributed by atoms with Crippen LogP contribution in [0.4, 0.5) is 9.52 Å². The van der Waals surface area contributed by atoms with Crippen LogP contribution < -0.4 is 5.32 Å². The number of anilines is 1. The topological polar surface area (TPSA) is 80.1 Å². The SMILES string of the molecule is O=C1CN(C(C(=O)Nc2nccs2)c2ncn3c2CCC3)Cc2c(F)cc(I)cc21. The molecule has 1 aromatic carbocycles. The van der Waals surface area contributed by atoms with E-state index in [0.717, 1.165) is 25.1 Å². The number of ketones is 1. The van der Waals surface area contributed by atoms with Gasteiger partial charge in [0.1, 0.15) is 11.9 Å². The minimum absolute atomic E-state index is 0.0226. The van der Waals surface area contributed by atoms with Crippen molar-refractivity contribution in [3.8, 4) is 0 Å². The number of imidazole rings is 1. The predicted molar refractivity (Wildman–Crippen MR) is 118 cm³/mol. The summed E-state index contributed by atoms with van der Waals surface area (Å²) in [6.07, 6.45) is 5.16. The molecule has 0 bridgehead atoms. The number of aryl methyl sites for hydroxylation is 1. The molecule has 0 aliphatic carbocycles. The molecule has 0 saturated carbocycles. The summed E-state index contributed by atoms with van der Waals surface area (Å²) in [5, 5.41) is 5.08. The summed E-state index contributed by atoms with van der Waals surface area (Å²) in [5.41, 5.74) is 2.35. The minimum Gasteiger partial charge on any atom is -0.334 e. The summed E-state index contributed by atoms with van der Waals surface area (Å²) in [4.78, 5) is 36.6. The Morgan fingerprint density at radius 1 is 1.30 bits per heavy atom. The molecule has 4 heterocycles. The number of halogens is 2. The fraction of sp³-hybridized carbons (Fsp3) is 0.300. The molecule has 1 atom stereocenters. The Labute approximate surface area is 189 Å². The number of nitrogens with one attached hydrogen (secondary N) is 1. The van der Waals surface area contributed by atoms with Gasteiger partial charge in [-0.25, -0.2) is 14.4 Å². The summed E-state index contributed by atoms with van der Waals surface area (Å²) < 4.78 is 17.4. The first-order valence-corrected chi connectivity index (χ1v) is 11.5. The fourth-order valence-electron chi connectivity index (χ4n) is 4.18. The highest BCUT2D eigenvalue weighted by atomic mass is 127. The third-order valence-corrected chi connectivity index (χ3v) is 6.81. The van der Waals surface area contributed by atoms with Crippen molar-refractivity contribution in [2.75, 3.05) is 11.9 Å². The molecule has 1 amide bonds. The first kappa shape index (κ1) is 19.8. The molecule has 1 N–H and O–H groups in total. The number of rotatable bonds is 4. The van der Waals surface area contributed by atoms with Crippen molar-refractivity contribution in [3.63, 3.8) is 0 Å². The van der Waals surface area contributed by atoms with E-state index in [4.69, 9.17) is 0 Å². The zero-order valence-corrected chi connectivity index (χ0v) is 18.7. The fourth-order valence-corrected chi connectivity index (χ4v) is 5.30. The molecular weight excluding hydrogens is 520 g/mol. The molecule has 154 valence electrons. The van der Waals surface area contributed by atoms with Crippen molar-refractivity contribution in [2.45, 2.75) is 32.0 Å². The van der Waals surface area contributed by atoms with Gasteiger partial charge in [-0.3, -0.25) is 14.5 Å². The van der Waals surface area contributed by atoms with Gasteiger partial charge >= 0.3 is 0 Å². The second-order valence-electron chi connectivity index (χ2n) is 7.34. The molecule has 0 spiro atoms. The zero-order valence-electron chi connectivity index (χ0n) is 15.8. The molecule has 2 aliphatic heterocycles. The number of fused-ring (bicyclic) bond motifs is 2. The molecule has 2 aliphatic rings.